The molecule has 2 N–H and O–H groups in total. The average molecular weight is 257 g/mol. The normalized spacial score (nSPS) is 13.1. The van der Waals surface area contributed by atoms with Gasteiger partial charge < -0.3 is 15.5 Å². The van der Waals surface area contributed by atoms with Crippen LogP contribution in [-0.4, -0.2) is 49.1 Å². The molecule has 0 saturated carbocycles. The van der Waals surface area contributed by atoms with Crippen LogP contribution < -0.4 is 10.6 Å². The topological polar surface area (TPSA) is 44.4 Å². The molecule has 0 aliphatic rings. The van der Waals surface area contributed by atoms with E-state index in [0.717, 1.165) is 26.1 Å². The minimum absolute atomic E-state index is 0.0839. The Bertz CT molecular complexity index is 215. The molecule has 4 nitrogen and oxygen atoms in total. The van der Waals surface area contributed by atoms with Gasteiger partial charge in [-0.1, -0.05) is 13.8 Å². The van der Waals surface area contributed by atoms with Crippen LogP contribution in [0, 0.1) is 0 Å². The van der Waals surface area contributed by atoms with Crippen LogP contribution in [0.25, 0.3) is 0 Å². The van der Waals surface area contributed by atoms with Crippen molar-refractivity contribution in [2.24, 2.45) is 0 Å². The predicted octanol–water partition coefficient (Wildman–Crippen LogP) is 1.61. The highest BCUT2D eigenvalue weighted by Gasteiger charge is 2.07. The lowest BCUT2D eigenvalue weighted by molar-refractivity contribution is -0.120. The Labute approximate surface area is 113 Å². The molecule has 4 heteroatoms. The zero-order valence-corrected chi connectivity index (χ0v) is 12.8. The van der Waals surface area contributed by atoms with Crippen molar-refractivity contribution in [1.82, 2.24) is 15.5 Å². The molecule has 0 fully saturated rings. The molecule has 0 spiro atoms. The number of nitrogens with zero attached hydrogens (tertiary/aromatic N) is 1. The number of rotatable bonds is 10. The smallest absolute Gasteiger partial charge is 0.234 e. The van der Waals surface area contributed by atoms with Gasteiger partial charge >= 0.3 is 0 Å². The minimum Gasteiger partial charge on any atom is -0.353 e. The zero-order valence-electron chi connectivity index (χ0n) is 12.8. The summed E-state index contributed by atoms with van der Waals surface area (Å²) in [6, 6.07) is 0.621. The van der Waals surface area contributed by atoms with Crippen LogP contribution in [0.3, 0.4) is 0 Å². The lowest BCUT2D eigenvalue weighted by Gasteiger charge is -2.19. The molecule has 0 rings (SSSR count). The van der Waals surface area contributed by atoms with Gasteiger partial charge in [0.25, 0.3) is 0 Å². The highest BCUT2D eigenvalue weighted by atomic mass is 16.1. The number of hydrogen-bond donors (Lipinski definition) is 2. The molecule has 0 radical (unpaired) electrons. The minimum atomic E-state index is 0.0839. The molecule has 1 unspecified atom stereocenters. The van der Waals surface area contributed by atoms with Crippen LogP contribution in [0.15, 0.2) is 0 Å². The Balaban J connectivity index is 3.59. The predicted molar refractivity (Wildman–Crippen MR) is 77.8 cm³/mol. The molecule has 0 aromatic heterocycles. The van der Waals surface area contributed by atoms with Gasteiger partial charge in [-0.05, 0) is 53.2 Å². The third-order valence-electron chi connectivity index (χ3n) is 3.07. The molecule has 0 heterocycles. The van der Waals surface area contributed by atoms with Crippen molar-refractivity contribution in [3.8, 4) is 0 Å². The number of carbonyl (C=O) groups excluding carboxylic acids is 1. The maximum Gasteiger partial charge on any atom is 0.234 e. The van der Waals surface area contributed by atoms with Crippen LogP contribution >= 0.6 is 0 Å². The van der Waals surface area contributed by atoms with Gasteiger partial charge in [-0.3, -0.25) is 4.79 Å². The fraction of sp³-hybridized carbons (Fsp3) is 0.929. The van der Waals surface area contributed by atoms with E-state index in [1.807, 2.05) is 13.8 Å². The second-order valence-electron chi connectivity index (χ2n) is 5.17. The number of nitrogens with one attached hydrogen (secondary N) is 2. The van der Waals surface area contributed by atoms with Crippen molar-refractivity contribution in [2.45, 2.75) is 59.5 Å². The van der Waals surface area contributed by atoms with E-state index in [1.165, 1.54) is 6.42 Å². The first-order valence-electron chi connectivity index (χ1n) is 7.24. The number of carbonyl (C=O) groups is 1. The van der Waals surface area contributed by atoms with Crippen molar-refractivity contribution >= 4 is 5.91 Å². The van der Waals surface area contributed by atoms with Gasteiger partial charge in [-0.25, -0.2) is 0 Å². The van der Waals surface area contributed by atoms with Crippen LogP contribution in [-0.2, 0) is 4.79 Å². The van der Waals surface area contributed by atoms with E-state index in [4.69, 9.17) is 0 Å². The summed E-state index contributed by atoms with van der Waals surface area (Å²) in [7, 11) is 0. The molecule has 108 valence electrons. The standard InChI is InChI=1S/C14H31N3O/c1-6-17(7-2)10-8-9-13(5)15-11-14(18)16-12(3)4/h12-13,15H,6-11H2,1-5H3,(H,16,18). The van der Waals surface area contributed by atoms with Crippen molar-refractivity contribution in [2.75, 3.05) is 26.2 Å². The van der Waals surface area contributed by atoms with E-state index in [0.29, 0.717) is 12.6 Å². The van der Waals surface area contributed by atoms with Gasteiger partial charge in [0, 0.05) is 12.1 Å². The Morgan fingerprint density at radius 2 is 1.78 bits per heavy atom. The second-order valence-corrected chi connectivity index (χ2v) is 5.17. The Hall–Kier alpha value is -0.610. The van der Waals surface area contributed by atoms with E-state index in [1.54, 1.807) is 0 Å². The molecule has 0 saturated heterocycles. The molecule has 0 aliphatic heterocycles. The molecule has 1 amide bonds. The van der Waals surface area contributed by atoms with Crippen molar-refractivity contribution in [1.29, 1.82) is 0 Å². The zero-order chi connectivity index (χ0) is 14.0. The first-order valence-corrected chi connectivity index (χ1v) is 7.24. The molecule has 0 bridgehead atoms. The summed E-state index contributed by atoms with van der Waals surface area (Å²) in [5.41, 5.74) is 0. The Morgan fingerprint density at radius 3 is 2.28 bits per heavy atom. The molecule has 18 heavy (non-hydrogen) atoms. The van der Waals surface area contributed by atoms with Crippen LogP contribution in [0.5, 0.6) is 0 Å². The van der Waals surface area contributed by atoms with Crippen LogP contribution in [0.2, 0.25) is 0 Å². The summed E-state index contributed by atoms with van der Waals surface area (Å²) in [5.74, 6) is 0.0839. The lowest BCUT2D eigenvalue weighted by Crippen LogP contribution is -2.40. The first kappa shape index (κ1) is 17.4. The van der Waals surface area contributed by atoms with E-state index < -0.39 is 0 Å². The SMILES string of the molecule is CCN(CC)CCCC(C)NCC(=O)NC(C)C. The largest absolute Gasteiger partial charge is 0.353 e. The van der Waals surface area contributed by atoms with E-state index in [-0.39, 0.29) is 11.9 Å². The Kier molecular flexibility index (Phi) is 9.98. The van der Waals surface area contributed by atoms with Crippen molar-refractivity contribution < 1.29 is 4.79 Å². The fourth-order valence-electron chi connectivity index (χ4n) is 1.90. The number of hydrogen-bond acceptors (Lipinski definition) is 3. The average Bonchev–Trinajstić information content (AvgIpc) is 2.31. The van der Waals surface area contributed by atoms with Gasteiger partial charge in [-0.2, -0.15) is 0 Å². The van der Waals surface area contributed by atoms with E-state index in [9.17, 15) is 4.79 Å². The van der Waals surface area contributed by atoms with Gasteiger partial charge in [0.1, 0.15) is 0 Å². The van der Waals surface area contributed by atoms with E-state index >= 15 is 0 Å². The van der Waals surface area contributed by atoms with E-state index in [2.05, 4.69) is 36.3 Å². The lowest BCUT2D eigenvalue weighted by atomic mass is 10.1. The van der Waals surface area contributed by atoms with Gasteiger partial charge in [0.2, 0.25) is 5.91 Å². The molecule has 0 aliphatic carbocycles. The maximum atomic E-state index is 11.5. The fourth-order valence-corrected chi connectivity index (χ4v) is 1.90. The summed E-state index contributed by atoms with van der Waals surface area (Å²) < 4.78 is 0. The Morgan fingerprint density at radius 1 is 1.17 bits per heavy atom. The van der Waals surface area contributed by atoms with Gasteiger partial charge in [0.05, 0.1) is 6.54 Å². The second kappa shape index (κ2) is 10.3. The monoisotopic (exact) mass is 257 g/mol. The third-order valence-corrected chi connectivity index (χ3v) is 3.07. The molecular formula is C14H31N3O. The van der Waals surface area contributed by atoms with Crippen LogP contribution in [0.4, 0.5) is 0 Å². The summed E-state index contributed by atoms with van der Waals surface area (Å²) in [5, 5.41) is 6.15. The van der Waals surface area contributed by atoms with Crippen LogP contribution in [0.1, 0.15) is 47.5 Å². The van der Waals surface area contributed by atoms with Crippen molar-refractivity contribution in [3.63, 3.8) is 0 Å². The first-order chi connectivity index (χ1) is 8.49. The highest BCUT2D eigenvalue weighted by Crippen LogP contribution is 1.99. The van der Waals surface area contributed by atoms with Gasteiger partial charge in [0.15, 0.2) is 0 Å². The summed E-state index contributed by atoms with van der Waals surface area (Å²) >= 11 is 0. The van der Waals surface area contributed by atoms with Crippen molar-refractivity contribution in [3.05, 3.63) is 0 Å². The number of amides is 1. The molecule has 0 aromatic rings. The molecule has 0 aromatic carbocycles. The molecule has 1 atom stereocenters. The summed E-state index contributed by atoms with van der Waals surface area (Å²) in [6.45, 7) is 14.3. The molecular weight excluding hydrogens is 226 g/mol. The maximum absolute atomic E-state index is 11.5. The third kappa shape index (κ3) is 9.42. The van der Waals surface area contributed by atoms with Gasteiger partial charge in [-0.15, -0.1) is 0 Å². The highest BCUT2D eigenvalue weighted by molar-refractivity contribution is 5.78. The summed E-state index contributed by atoms with van der Waals surface area (Å²) in [4.78, 5) is 13.9. The quantitative estimate of drug-likeness (QED) is 0.625. The summed E-state index contributed by atoms with van der Waals surface area (Å²) in [6.07, 6.45) is 2.30.